The van der Waals surface area contributed by atoms with Gasteiger partial charge in [0.05, 0.1) is 0 Å². The maximum absolute atomic E-state index is 12.3. The fourth-order valence-electron chi connectivity index (χ4n) is 2.06. The first-order valence-electron chi connectivity index (χ1n) is 7.03. The van der Waals surface area contributed by atoms with Crippen LogP contribution in [0.2, 0.25) is 0 Å². The van der Waals surface area contributed by atoms with Gasteiger partial charge in [0, 0.05) is 26.8 Å². The fourth-order valence-corrected chi connectivity index (χ4v) is 2.84. The molecule has 0 radical (unpaired) electrons. The van der Waals surface area contributed by atoms with Crippen molar-refractivity contribution >= 4 is 60.6 Å². The van der Waals surface area contributed by atoms with Crippen molar-refractivity contribution in [3.05, 3.63) is 34.4 Å². The van der Waals surface area contributed by atoms with E-state index in [1.54, 1.807) is 26.8 Å². The van der Waals surface area contributed by atoms with Gasteiger partial charge in [-0.15, -0.1) is 0 Å². The average Bonchev–Trinajstić information content (AvgIpc) is 2.47. The summed E-state index contributed by atoms with van der Waals surface area (Å²) in [5.41, 5.74) is 0.193. The molecular weight excluding hydrogens is 444 g/mol. The highest BCUT2D eigenvalue weighted by atomic mass is 79.9. The monoisotopic (exact) mass is 458 g/mol. The second-order valence-electron chi connectivity index (χ2n) is 6.04. The van der Waals surface area contributed by atoms with E-state index in [4.69, 9.17) is 4.74 Å². The minimum atomic E-state index is -1.45. The fraction of sp³-hybridized carbons (Fsp3) is 0.312. The van der Waals surface area contributed by atoms with Gasteiger partial charge < -0.3 is 9.84 Å². The molecular formula is C16H16Br2N2O4. The highest BCUT2D eigenvalue weighted by molar-refractivity contribution is 9.10. The molecule has 0 aliphatic rings. The quantitative estimate of drug-likeness (QED) is 0.615. The molecule has 8 heteroatoms. The number of ether oxygens (including phenoxy) is 1. The van der Waals surface area contributed by atoms with Crippen LogP contribution >= 0.6 is 31.9 Å². The van der Waals surface area contributed by atoms with Gasteiger partial charge in [-0.1, -0.05) is 28.1 Å². The Morgan fingerprint density at radius 1 is 1.29 bits per heavy atom. The van der Waals surface area contributed by atoms with Gasteiger partial charge in [-0.25, -0.2) is 14.6 Å². The first-order valence-corrected chi connectivity index (χ1v) is 8.94. The van der Waals surface area contributed by atoms with E-state index in [2.05, 4.69) is 36.8 Å². The van der Waals surface area contributed by atoms with Crippen LogP contribution in [-0.2, 0) is 10.1 Å². The van der Waals surface area contributed by atoms with Gasteiger partial charge >= 0.3 is 12.2 Å². The zero-order valence-electron chi connectivity index (χ0n) is 13.3. The molecule has 1 heterocycles. The van der Waals surface area contributed by atoms with Crippen molar-refractivity contribution in [2.75, 3.05) is 4.90 Å². The van der Waals surface area contributed by atoms with Gasteiger partial charge in [0.15, 0.2) is 5.82 Å². The Labute approximate surface area is 156 Å². The summed E-state index contributed by atoms with van der Waals surface area (Å²) in [6.45, 7) is 5.00. The number of hydrogen-bond donors (Lipinski definition) is 1. The van der Waals surface area contributed by atoms with Gasteiger partial charge in [0.25, 0.3) is 0 Å². The molecule has 24 heavy (non-hydrogen) atoms. The minimum absolute atomic E-state index is 0.0103. The topological polar surface area (TPSA) is 79.7 Å². The molecule has 1 aromatic carbocycles. The molecule has 0 aliphatic carbocycles. The number of halogens is 2. The van der Waals surface area contributed by atoms with Crippen LogP contribution in [-0.4, -0.2) is 27.9 Å². The smallest absolute Gasteiger partial charge is 0.425 e. The summed E-state index contributed by atoms with van der Waals surface area (Å²) < 4.78 is 5.89. The van der Waals surface area contributed by atoms with Crippen molar-refractivity contribution in [3.63, 3.8) is 0 Å². The normalized spacial score (nSPS) is 11.4. The average molecular weight is 460 g/mol. The van der Waals surface area contributed by atoms with E-state index in [9.17, 15) is 14.7 Å². The molecule has 0 atom stereocenters. The van der Waals surface area contributed by atoms with E-state index in [1.165, 1.54) is 6.20 Å². The van der Waals surface area contributed by atoms with Crippen LogP contribution in [0.15, 0.2) is 28.9 Å². The summed E-state index contributed by atoms with van der Waals surface area (Å²) in [4.78, 5) is 28.6. The van der Waals surface area contributed by atoms with Gasteiger partial charge in [0.2, 0.25) is 0 Å². The molecule has 128 valence electrons. The van der Waals surface area contributed by atoms with E-state index >= 15 is 0 Å². The summed E-state index contributed by atoms with van der Waals surface area (Å²) >= 11 is 6.79. The molecule has 2 amide bonds. The SMILES string of the molecule is CC(C)(C)OC(=O)N(C(=O)O)c1ncc(Br)c2cc(CBr)ccc12. The summed E-state index contributed by atoms with van der Waals surface area (Å²) in [7, 11) is 0. The summed E-state index contributed by atoms with van der Waals surface area (Å²) in [5, 5.41) is 11.4. The standard InChI is InChI=1S/C16H16Br2N2O4/c1-16(2,3)24-15(23)20(14(21)22)13-10-5-4-9(7-17)6-11(10)12(18)8-19-13/h4-6,8H,7H2,1-3H3,(H,21,22). The number of alkyl halides is 1. The number of carboxylic acid groups (broad SMARTS) is 1. The van der Waals surface area contributed by atoms with Crippen LogP contribution in [0.4, 0.5) is 15.4 Å². The molecule has 6 nitrogen and oxygen atoms in total. The van der Waals surface area contributed by atoms with Crippen LogP contribution in [0.3, 0.4) is 0 Å². The van der Waals surface area contributed by atoms with Crippen LogP contribution < -0.4 is 4.90 Å². The Balaban J connectivity index is 2.61. The second kappa shape index (κ2) is 7.06. The Hall–Kier alpha value is -1.67. The molecule has 0 bridgehead atoms. The third kappa shape index (κ3) is 4.05. The first kappa shape index (κ1) is 18.7. The number of imide groups is 1. The lowest BCUT2D eigenvalue weighted by atomic mass is 10.1. The molecule has 0 saturated carbocycles. The van der Waals surface area contributed by atoms with Crippen LogP contribution in [0.1, 0.15) is 26.3 Å². The Kier molecular flexibility index (Phi) is 5.49. The van der Waals surface area contributed by atoms with Gasteiger partial charge in [-0.2, -0.15) is 4.90 Å². The Bertz CT molecular complexity index is 802. The van der Waals surface area contributed by atoms with Crippen LogP contribution in [0, 0.1) is 0 Å². The highest BCUT2D eigenvalue weighted by Crippen LogP contribution is 2.32. The van der Waals surface area contributed by atoms with Crippen molar-refractivity contribution in [1.29, 1.82) is 0 Å². The second-order valence-corrected chi connectivity index (χ2v) is 7.46. The number of carbonyl (C=O) groups excluding carboxylic acids is 1. The van der Waals surface area contributed by atoms with Crippen molar-refractivity contribution in [1.82, 2.24) is 4.98 Å². The number of anilines is 1. The number of benzene rings is 1. The minimum Gasteiger partial charge on any atom is -0.464 e. The lowest BCUT2D eigenvalue weighted by molar-refractivity contribution is 0.0581. The molecule has 1 aromatic heterocycles. The van der Waals surface area contributed by atoms with Gasteiger partial charge in [-0.3, -0.25) is 0 Å². The summed E-state index contributed by atoms with van der Waals surface area (Å²) in [6.07, 6.45) is -0.976. The van der Waals surface area contributed by atoms with Crippen molar-refractivity contribution in [3.8, 4) is 0 Å². The molecule has 0 saturated heterocycles. The van der Waals surface area contributed by atoms with Gasteiger partial charge in [-0.05, 0) is 48.3 Å². The number of carbonyl (C=O) groups is 2. The van der Waals surface area contributed by atoms with Crippen molar-refractivity contribution in [2.45, 2.75) is 31.7 Å². The molecule has 0 aliphatic heterocycles. The maximum atomic E-state index is 12.3. The van der Waals surface area contributed by atoms with Crippen LogP contribution in [0.25, 0.3) is 10.8 Å². The summed E-state index contributed by atoms with van der Waals surface area (Å²) in [5.74, 6) is 0.0103. The predicted octanol–water partition coefficient (Wildman–Crippen LogP) is 5.31. The van der Waals surface area contributed by atoms with E-state index in [1.807, 2.05) is 12.1 Å². The zero-order valence-corrected chi connectivity index (χ0v) is 16.5. The van der Waals surface area contributed by atoms with E-state index in [-0.39, 0.29) is 5.82 Å². The molecule has 2 rings (SSSR count). The third-order valence-electron chi connectivity index (χ3n) is 3.02. The number of amides is 2. The lowest BCUT2D eigenvalue weighted by Gasteiger charge is -2.24. The molecule has 0 spiro atoms. The molecule has 1 N–H and O–H groups in total. The van der Waals surface area contributed by atoms with E-state index in [0.29, 0.717) is 20.1 Å². The number of aromatic nitrogens is 1. The van der Waals surface area contributed by atoms with E-state index in [0.717, 1.165) is 10.9 Å². The highest BCUT2D eigenvalue weighted by Gasteiger charge is 2.31. The number of fused-ring (bicyclic) bond motifs is 1. The van der Waals surface area contributed by atoms with Crippen molar-refractivity contribution < 1.29 is 19.4 Å². The number of pyridine rings is 1. The Morgan fingerprint density at radius 3 is 2.50 bits per heavy atom. The Morgan fingerprint density at radius 2 is 1.96 bits per heavy atom. The lowest BCUT2D eigenvalue weighted by Crippen LogP contribution is -2.40. The number of rotatable bonds is 2. The predicted molar refractivity (Wildman–Crippen MR) is 98.8 cm³/mol. The maximum Gasteiger partial charge on any atom is 0.425 e. The third-order valence-corrected chi connectivity index (χ3v) is 4.30. The largest absolute Gasteiger partial charge is 0.464 e. The molecule has 0 unspecified atom stereocenters. The summed E-state index contributed by atoms with van der Waals surface area (Å²) in [6, 6.07) is 5.47. The molecule has 0 fully saturated rings. The zero-order chi connectivity index (χ0) is 18.1. The first-order chi connectivity index (χ1) is 11.1. The number of nitrogens with zero attached hydrogens (tertiary/aromatic N) is 2. The van der Waals surface area contributed by atoms with Crippen LogP contribution in [0.5, 0.6) is 0 Å². The van der Waals surface area contributed by atoms with Gasteiger partial charge in [0.1, 0.15) is 5.60 Å². The number of hydrogen-bond acceptors (Lipinski definition) is 4. The molecule has 2 aromatic rings. The van der Waals surface area contributed by atoms with E-state index < -0.39 is 17.8 Å². The van der Waals surface area contributed by atoms with Crippen molar-refractivity contribution in [2.24, 2.45) is 0 Å².